The van der Waals surface area contributed by atoms with Crippen molar-refractivity contribution in [2.45, 2.75) is 58.4 Å². The maximum absolute atomic E-state index is 13.3. The van der Waals surface area contributed by atoms with Gasteiger partial charge < -0.3 is 25.8 Å². The molecule has 0 aliphatic carbocycles. The maximum atomic E-state index is 13.3. The summed E-state index contributed by atoms with van der Waals surface area (Å²) in [5.41, 5.74) is 7.09. The summed E-state index contributed by atoms with van der Waals surface area (Å²) in [4.78, 5) is 82.9. The molecule has 0 bridgehead atoms. The molecule has 0 radical (unpaired) electrons. The van der Waals surface area contributed by atoms with Gasteiger partial charge in [-0.1, -0.05) is 12.1 Å². The third-order valence-corrected chi connectivity index (χ3v) is 9.63. The minimum atomic E-state index is -1.02. The van der Waals surface area contributed by atoms with Crippen molar-refractivity contribution in [1.29, 1.82) is 0 Å². The van der Waals surface area contributed by atoms with Gasteiger partial charge in [-0.15, -0.1) is 0 Å². The van der Waals surface area contributed by atoms with Crippen LogP contribution in [-0.2, 0) is 20.8 Å². The van der Waals surface area contributed by atoms with Crippen LogP contribution in [0.15, 0.2) is 36.4 Å². The molecule has 4 heterocycles. The number of aromatic amines is 1. The summed E-state index contributed by atoms with van der Waals surface area (Å²) in [6.07, 6.45) is 5.13. The van der Waals surface area contributed by atoms with E-state index in [1.165, 1.54) is 0 Å². The summed E-state index contributed by atoms with van der Waals surface area (Å²) in [5.74, 6) is -2.51. The number of unbranched alkanes of at least 4 members (excludes halogenated alkanes) is 2. The monoisotopic (exact) mass is 693 g/mol. The number of benzene rings is 2. The Morgan fingerprint density at radius 2 is 1.75 bits per heavy atom. The van der Waals surface area contributed by atoms with E-state index in [9.17, 15) is 28.8 Å². The highest BCUT2D eigenvalue weighted by atomic mass is 16.2. The van der Waals surface area contributed by atoms with Gasteiger partial charge in [0.05, 0.1) is 22.3 Å². The van der Waals surface area contributed by atoms with Gasteiger partial charge in [0.15, 0.2) is 0 Å². The zero-order chi connectivity index (χ0) is 36.4. The van der Waals surface area contributed by atoms with Crippen LogP contribution >= 0.6 is 0 Å². The molecule has 1 fully saturated rings. The third-order valence-electron chi connectivity index (χ3n) is 9.63. The number of aryl methyl sites for hydroxylation is 1. The van der Waals surface area contributed by atoms with Crippen LogP contribution in [-0.4, -0.2) is 90.0 Å². The molecule has 13 heteroatoms. The predicted molar refractivity (Wildman–Crippen MR) is 193 cm³/mol. The summed E-state index contributed by atoms with van der Waals surface area (Å²) >= 11 is 0. The normalized spacial score (nSPS) is 17.6. The molecule has 0 unspecified atom stereocenters. The molecule has 5 N–H and O–H groups in total. The lowest BCUT2D eigenvalue weighted by molar-refractivity contribution is -0.136. The molecule has 1 aromatic heterocycles. The minimum absolute atomic E-state index is 0.0625. The molecule has 2 aromatic carbocycles. The lowest BCUT2D eigenvalue weighted by atomic mass is 10.0. The van der Waals surface area contributed by atoms with Crippen molar-refractivity contribution in [3.63, 3.8) is 0 Å². The third kappa shape index (κ3) is 7.20. The fourth-order valence-corrected chi connectivity index (χ4v) is 6.89. The number of likely N-dealkylation sites (N-methyl/N-ethyl adjacent to an activating group) is 1. The summed E-state index contributed by atoms with van der Waals surface area (Å²) in [6.45, 7) is 5.63. The largest absolute Gasteiger partial charge is 0.384 e. The summed E-state index contributed by atoms with van der Waals surface area (Å²) in [5, 5.41) is 11.4. The molecule has 0 saturated carbocycles. The van der Waals surface area contributed by atoms with E-state index in [-0.39, 0.29) is 35.8 Å². The molecule has 13 nitrogen and oxygen atoms in total. The standard InChI is InChI=1S/C38H43N7O6/c1-21-29(20-26-25-19-23(15-18-44(3)4)11-12-27(25)42-34(26)47)41-22(2)32(21)36(49)40-17-7-5-6-16-39-28-10-8-9-24-33(28)38(51)45(37(24)50)30-13-14-31(46)43-35(30)48/h8-12,19-20,30,39,41H,5-7,13-18H2,1-4H3,(H,40,49)(H,42,47)(H,43,46,48)/b26-20-/t30-/m1/s1. The van der Waals surface area contributed by atoms with Crippen LogP contribution in [0, 0.1) is 13.8 Å². The molecule has 51 heavy (non-hydrogen) atoms. The van der Waals surface area contributed by atoms with E-state index in [4.69, 9.17) is 0 Å². The Morgan fingerprint density at radius 1 is 0.961 bits per heavy atom. The van der Waals surface area contributed by atoms with Gasteiger partial charge in [0.25, 0.3) is 23.6 Å². The van der Waals surface area contributed by atoms with Crippen molar-refractivity contribution in [2.24, 2.45) is 0 Å². The van der Waals surface area contributed by atoms with Crippen molar-refractivity contribution < 1.29 is 28.8 Å². The Bertz CT molecular complexity index is 1980. The van der Waals surface area contributed by atoms with Gasteiger partial charge >= 0.3 is 0 Å². The van der Waals surface area contributed by atoms with Crippen molar-refractivity contribution in [1.82, 2.24) is 25.4 Å². The molecule has 1 saturated heterocycles. The van der Waals surface area contributed by atoms with E-state index in [2.05, 4.69) is 37.2 Å². The van der Waals surface area contributed by atoms with E-state index in [0.29, 0.717) is 35.6 Å². The second-order valence-electron chi connectivity index (χ2n) is 13.5. The number of carbonyl (C=O) groups is 6. The average Bonchev–Trinajstić information content (AvgIpc) is 3.65. The average molecular weight is 694 g/mol. The highest BCUT2D eigenvalue weighted by molar-refractivity contribution is 6.35. The molecule has 6 rings (SSSR count). The predicted octanol–water partition coefficient (Wildman–Crippen LogP) is 3.64. The Balaban J connectivity index is 1.00. The highest BCUT2D eigenvalue weighted by Crippen LogP contribution is 2.35. The van der Waals surface area contributed by atoms with Crippen LogP contribution < -0.4 is 21.3 Å². The van der Waals surface area contributed by atoms with Gasteiger partial charge in [0.2, 0.25) is 11.8 Å². The number of fused-ring (bicyclic) bond motifs is 2. The molecule has 3 aromatic rings. The first-order valence-corrected chi connectivity index (χ1v) is 17.3. The first kappa shape index (κ1) is 35.3. The fraction of sp³-hybridized carbons (Fsp3) is 0.368. The van der Waals surface area contributed by atoms with Crippen molar-refractivity contribution >= 4 is 58.5 Å². The molecule has 1 atom stereocenters. The smallest absolute Gasteiger partial charge is 0.264 e. The van der Waals surface area contributed by atoms with Crippen LogP contribution in [0.1, 0.15) is 91.3 Å². The number of piperidine rings is 1. The zero-order valence-corrected chi connectivity index (χ0v) is 29.3. The van der Waals surface area contributed by atoms with E-state index < -0.39 is 29.7 Å². The lowest BCUT2D eigenvalue weighted by Crippen LogP contribution is -2.54. The number of rotatable bonds is 13. The zero-order valence-electron chi connectivity index (χ0n) is 29.3. The fourth-order valence-electron chi connectivity index (χ4n) is 6.89. The number of nitrogens with zero attached hydrogens (tertiary/aromatic N) is 2. The van der Waals surface area contributed by atoms with Gasteiger partial charge in [0, 0.05) is 54.4 Å². The second kappa shape index (κ2) is 14.7. The first-order valence-electron chi connectivity index (χ1n) is 17.3. The molecular weight excluding hydrogens is 650 g/mol. The number of amides is 6. The summed E-state index contributed by atoms with van der Waals surface area (Å²) < 4.78 is 0. The van der Waals surface area contributed by atoms with Crippen molar-refractivity contribution in [3.05, 3.63) is 81.2 Å². The molecule has 3 aliphatic rings. The number of nitrogens with one attached hydrogen (secondary N) is 5. The van der Waals surface area contributed by atoms with Crippen LogP contribution in [0.2, 0.25) is 0 Å². The second-order valence-corrected chi connectivity index (χ2v) is 13.5. The van der Waals surface area contributed by atoms with Crippen LogP contribution in [0.25, 0.3) is 11.6 Å². The number of anilines is 2. The molecule has 266 valence electrons. The van der Waals surface area contributed by atoms with Crippen LogP contribution in [0.3, 0.4) is 0 Å². The van der Waals surface area contributed by atoms with Gasteiger partial charge in [-0.2, -0.15) is 0 Å². The number of hydrogen-bond donors (Lipinski definition) is 5. The molecule has 0 spiro atoms. The Hall–Kier alpha value is -5.56. The summed E-state index contributed by atoms with van der Waals surface area (Å²) in [6, 6.07) is 10.0. The van der Waals surface area contributed by atoms with Crippen LogP contribution in [0.5, 0.6) is 0 Å². The Kier molecular flexibility index (Phi) is 10.2. The van der Waals surface area contributed by atoms with Crippen LogP contribution in [0.4, 0.5) is 11.4 Å². The van der Waals surface area contributed by atoms with Gasteiger partial charge in [-0.3, -0.25) is 39.0 Å². The van der Waals surface area contributed by atoms with E-state index in [0.717, 1.165) is 65.2 Å². The van der Waals surface area contributed by atoms with E-state index >= 15 is 0 Å². The topological polar surface area (TPSA) is 173 Å². The van der Waals surface area contributed by atoms with E-state index in [1.54, 1.807) is 18.2 Å². The van der Waals surface area contributed by atoms with Gasteiger partial charge in [0.1, 0.15) is 6.04 Å². The Labute approximate surface area is 296 Å². The quantitative estimate of drug-likeness (QED) is 0.103. The maximum Gasteiger partial charge on any atom is 0.264 e. The van der Waals surface area contributed by atoms with Gasteiger partial charge in [-0.25, -0.2) is 0 Å². The van der Waals surface area contributed by atoms with Crippen molar-refractivity contribution in [3.8, 4) is 0 Å². The number of carbonyl (C=O) groups excluding carboxylic acids is 6. The number of aromatic nitrogens is 1. The van der Waals surface area contributed by atoms with E-state index in [1.807, 2.05) is 46.2 Å². The lowest BCUT2D eigenvalue weighted by Gasteiger charge is -2.27. The Morgan fingerprint density at radius 3 is 2.51 bits per heavy atom. The number of imide groups is 2. The molecule has 3 aliphatic heterocycles. The SMILES string of the molecule is Cc1[nH]c(/C=C2\C(=O)Nc3ccc(CCN(C)C)cc32)c(C)c1C(=O)NCCCCCNc1cccc2c1C(=O)N([C@@H]1CCC(=O)NC1=O)C2=O. The molecule has 6 amide bonds. The number of hydrogen-bond acceptors (Lipinski definition) is 8. The first-order chi connectivity index (χ1) is 24.4. The minimum Gasteiger partial charge on any atom is -0.384 e. The summed E-state index contributed by atoms with van der Waals surface area (Å²) in [7, 11) is 4.06. The highest BCUT2D eigenvalue weighted by Gasteiger charge is 2.45. The van der Waals surface area contributed by atoms with Gasteiger partial charge in [-0.05, 0) is 102 Å². The molecular formula is C38H43N7O6. The van der Waals surface area contributed by atoms with Crippen molar-refractivity contribution in [2.75, 3.05) is 44.4 Å². The number of H-pyrrole nitrogens is 1.